The van der Waals surface area contributed by atoms with Crippen molar-refractivity contribution < 1.29 is 9.90 Å². The topological polar surface area (TPSA) is 83.9 Å². The van der Waals surface area contributed by atoms with E-state index in [1.807, 2.05) is 49.4 Å². The van der Waals surface area contributed by atoms with Gasteiger partial charge in [0.2, 0.25) is 0 Å². The zero-order valence-electron chi connectivity index (χ0n) is 19.6. The summed E-state index contributed by atoms with van der Waals surface area (Å²) < 4.78 is 2.13. The number of primary amides is 1. The van der Waals surface area contributed by atoms with Gasteiger partial charge in [-0.25, -0.2) is 4.98 Å². The lowest BCUT2D eigenvalue weighted by atomic mass is 9.81. The molecule has 0 radical (unpaired) electrons. The highest BCUT2D eigenvalue weighted by atomic mass is 35.5. The summed E-state index contributed by atoms with van der Waals surface area (Å²) in [4.78, 5) is 19.9. The van der Waals surface area contributed by atoms with Crippen LogP contribution in [0.1, 0.15) is 46.8 Å². The molecule has 0 atom stereocenters. The number of nitrogens with zero attached hydrogens (tertiary/aromatic N) is 3. The minimum absolute atomic E-state index is 0. The normalized spacial score (nSPS) is 15.4. The number of amides is 1. The number of imidazole rings is 1. The van der Waals surface area contributed by atoms with Crippen molar-refractivity contribution >= 4 is 40.8 Å². The molecule has 1 aliphatic rings. The zero-order chi connectivity index (χ0) is 23.2. The number of nitrogens with two attached hydrogens (primary N) is 1. The lowest BCUT2D eigenvalue weighted by molar-refractivity contribution is 0.100. The van der Waals surface area contributed by atoms with Gasteiger partial charge in [-0.1, -0.05) is 49.4 Å². The van der Waals surface area contributed by atoms with Gasteiger partial charge in [0.05, 0.1) is 16.6 Å². The van der Waals surface area contributed by atoms with E-state index in [0.717, 1.165) is 53.9 Å². The molecule has 5 rings (SSSR count). The van der Waals surface area contributed by atoms with Crippen LogP contribution < -0.4 is 10.6 Å². The maximum absolute atomic E-state index is 12.7. The van der Waals surface area contributed by atoms with E-state index in [9.17, 15) is 9.90 Å². The molecule has 1 aliphatic heterocycles. The zero-order valence-corrected chi connectivity index (χ0v) is 20.4. The molecule has 1 amide bonds. The van der Waals surface area contributed by atoms with Crippen LogP contribution in [0.4, 0.5) is 5.82 Å². The van der Waals surface area contributed by atoms with Crippen molar-refractivity contribution in [2.75, 3.05) is 24.6 Å². The maximum atomic E-state index is 12.7. The molecule has 178 valence electrons. The van der Waals surface area contributed by atoms with Crippen molar-refractivity contribution in [2.24, 2.45) is 11.1 Å². The second-order valence-corrected chi connectivity index (χ2v) is 9.54. The molecule has 0 spiro atoms. The number of aliphatic hydroxyl groups is 1. The predicted octanol–water partition coefficient (Wildman–Crippen LogP) is 4.51. The van der Waals surface area contributed by atoms with Crippen molar-refractivity contribution in [3.63, 3.8) is 0 Å². The van der Waals surface area contributed by atoms with Gasteiger partial charge in [-0.3, -0.25) is 9.20 Å². The van der Waals surface area contributed by atoms with Gasteiger partial charge >= 0.3 is 0 Å². The Balaban J connectivity index is 0.00000274. The Hall–Kier alpha value is -3.09. The number of para-hydroxylation sites is 2. The Kier molecular flexibility index (Phi) is 6.56. The first-order valence-corrected chi connectivity index (χ1v) is 11.5. The van der Waals surface area contributed by atoms with Gasteiger partial charge < -0.3 is 15.7 Å². The SMILES string of the molecule is Cc1c(Cc2ccccc2)c(N2CCC(C)(CO)CC2)n2c(nc3ccccc32)c1C(N)=O.Cl. The summed E-state index contributed by atoms with van der Waals surface area (Å²) in [6, 6.07) is 18.3. The lowest BCUT2D eigenvalue weighted by Gasteiger charge is -2.40. The van der Waals surface area contributed by atoms with E-state index in [0.29, 0.717) is 17.6 Å². The quantitative estimate of drug-likeness (QED) is 0.442. The van der Waals surface area contributed by atoms with Crippen LogP contribution in [-0.4, -0.2) is 40.1 Å². The molecular weight excluding hydrogens is 448 g/mol. The first kappa shape index (κ1) is 24.0. The van der Waals surface area contributed by atoms with Gasteiger partial charge in [0.25, 0.3) is 5.91 Å². The number of rotatable bonds is 5. The van der Waals surface area contributed by atoms with Crippen molar-refractivity contribution in [1.29, 1.82) is 0 Å². The van der Waals surface area contributed by atoms with E-state index >= 15 is 0 Å². The fourth-order valence-electron chi connectivity index (χ4n) is 5.08. The molecule has 2 aromatic heterocycles. The summed E-state index contributed by atoms with van der Waals surface area (Å²) in [7, 11) is 0. The van der Waals surface area contributed by atoms with E-state index < -0.39 is 5.91 Å². The number of aromatic nitrogens is 2. The number of hydrogen-bond acceptors (Lipinski definition) is 4. The molecule has 7 heteroatoms. The number of pyridine rings is 1. The Labute approximate surface area is 205 Å². The molecule has 0 aliphatic carbocycles. The molecule has 4 aromatic rings. The van der Waals surface area contributed by atoms with Gasteiger partial charge in [0, 0.05) is 31.7 Å². The van der Waals surface area contributed by atoms with E-state index in [1.54, 1.807) is 0 Å². The van der Waals surface area contributed by atoms with Crippen molar-refractivity contribution in [3.8, 4) is 0 Å². The monoisotopic (exact) mass is 478 g/mol. The minimum atomic E-state index is -0.458. The molecule has 3 N–H and O–H groups in total. The first-order valence-electron chi connectivity index (χ1n) is 11.5. The number of aliphatic hydroxyl groups excluding tert-OH is 1. The van der Waals surface area contributed by atoms with Crippen LogP contribution in [0.3, 0.4) is 0 Å². The van der Waals surface area contributed by atoms with E-state index in [1.165, 1.54) is 5.56 Å². The highest BCUT2D eigenvalue weighted by molar-refractivity contribution is 6.03. The largest absolute Gasteiger partial charge is 0.396 e. The Morgan fingerprint density at radius 1 is 1.09 bits per heavy atom. The van der Waals surface area contributed by atoms with Gasteiger partial charge in [-0.15, -0.1) is 12.4 Å². The maximum Gasteiger partial charge on any atom is 0.252 e. The first-order chi connectivity index (χ1) is 15.9. The number of anilines is 1. The summed E-state index contributed by atoms with van der Waals surface area (Å²) in [5.74, 6) is 0.616. The van der Waals surface area contributed by atoms with E-state index in [2.05, 4.69) is 28.4 Å². The van der Waals surface area contributed by atoms with Crippen LogP contribution in [0.5, 0.6) is 0 Å². The van der Waals surface area contributed by atoms with Crippen LogP contribution in [-0.2, 0) is 6.42 Å². The summed E-state index contributed by atoms with van der Waals surface area (Å²) in [5.41, 5.74) is 11.9. The number of carbonyl (C=O) groups excluding carboxylic acids is 1. The Bertz CT molecular complexity index is 1340. The van der Waals surface area contributed by atoms with Crippen molar-refractivity contribution in [2.45, 2.75) is 33.1 Å². The van der Waals surface area contributed by atoms with Crippen LogP contribution >= 0.6 is 12.4 Å². The van der Waals surface area contributed by atoms with Gasteiger partial charge in [-0.05, 0) is 48.4 Å². The minimum Gasteiger partial charge on any atom is -0.396 e. The number of benzene rings is 2. The van der Waals surface area contributed by atoms with Gasteiger partial charge in [-0.2, -0.15) is 0 Å². The van der Waals surface area contributed by atoms with E-state index in [4.69, 9.17) is 10.7 Å². The summed E-state index contributed by atoms with van der Waals surface area (Å²) in [6.07, 6.45) is 2.50. The third-order valence-corrected chi connectivity index (χ3v) is 7.22. The van der Waals surface area contributed by atoms with Crippen molar-refractivity contribution in [1.82, 2.24) is 9.38 Å². The standard InChI is InChI=1S/C27H30N4O2.ClH/c1-18-20(16-19-8-4-3-5-9-19)26(30-14-12-27(2,17-32)13-15-30)31-22-11-7-6-10-21(22)29-25(31)23(18)24(28)33;/h3-11,32H,12-17H2,1-2H3,(H2,28,33);1H. The van der Waals surface area contributed by atoms with Gasteiger partial charge in [0.15, 0.2) is 5.65 Å². The lowest BCUT2D eigenvalue weighted by Crippen LogP contribution is -2.42. The second-order valence-electron chi connectivity index (χ2n) is 9.54. The summed E-state index contributed by atoms with van der Waals surface area (Å²) in [5, 5.41) is 9.89. The molecular formula is C27H31ClN4O2. The predicted molar refractivity (Wildman–Crippen MR) is 139 cm³/mol. The molecule has 1 saturated heterocycles. The highest BCUT2D eigenvalue weighted by Crippen LogP contribution is 2.38. The van der Waals surface area contributed by atoms with Crippen LogP contribution in [0.2, 0.25) is 0 Å². The fourth-order valence-corrected chi connectivity index (χ4v) is 5.08. The highest BCUT2D eigenvalue weighted by Gasteiger charge is 2.33. The van der Waals surface area contributed by atoms with Crippen LogP contribution in [0, 0.1) is 12.3 Å². The molecule has 0 unspecified atom stereocenters. The molecule has 0 bridgehead atoms. The number of halogens is 1. The second kappa shape index (κ2) is 9.28. The van der Waals surface area contributed by atoms with Crippen molar-refractivity contribution in [3.05, 3.63) is 76.9 Å². The molecule has 1 fully saturated rings. The summed E-state index contributed by atoms with van der Waals surface area (Å²) >= 11 is 0. The van der Waals surface area contributed by atoms with Gasteiger partial charge in [0.1, 0.15) is 5.82 Å². The fraction of sp³-hybridized carbons (Fsp3) is 0.333. The molecule has 2 aromatic carbocycles. The smallest absolute Gasteiger partial charge is 0.252 e. The average molecular weight is 479 g/mol. The molecule has 3 heterocycles. The number of carbonyl (C=O) groups is 1. The molecule has 34 heavy (non-hydrogen) atoms. The van der Waals surface area contributed by atoms with Crippen LogP contribution in [0.15, 0.2) is 54.6 Å². The summed E-state index contributed by atoms with van der Waals surface area (Å²) in [6.45, 7) is 5.99. The van der Waals surface area contributed by atoms with Crippen LogP contribution in [0.25, 0.3) is 16.7 Å². The van der Waals surface area contributed by atoms with E-state index in [-0.39, 0.29) is 24.4 Å². The third-order valence-electron chi connectivity index (χ3n) is 7.22. The Morgan fingerprint density at radius 2 is 1.74 bits per heavy atom. The Morgan fingerprint density at radius 3 is 2.38 bits per heavy atom. The third kappa shape index (κ3) is 4.01. The molecule has 6 nitrogen and oxygen atoms in total. The average Bonchev–Trinajstić information content (AvgIpc) is 3.19. The molecule has 0 saturated carbocycles. The number of piperidine rings is 1. The number of hydrogen-bond donors (Lipinski definition) is 2. The number of fused-ring (bicyclic) bond motifs is 3.